The van der Waals surface area contributed by atoms with Crippen LogP contribution in [0.1, 0.15) is 18.4 Å². The molecule has 5 heteroatoms. The van der Waals surface area contributed by atoms with Crippen LogP contribution < -0.4 is 5.73 Å². The molecular formula is C12H19NO2S2. The van der Waals surface area contributed by atoms with Gasteiger partial charge in [-0.2, -0.15) is 0 Å². The van der Waals surface area contributed by atoms with E-state index < -0.39 is 9.84 Å². The van der Waals surface area contributed by atoms with E-state index in [2.05, 4.69) is 0 Å². The largest absolute Gasteiger partial charge is 0.330 e. The van der Waals surface area contributed by atoms with E-state index in [4.69, 9.17) is 5.73 Å². The first-order valence-electron chi connectivity index (χ1n) is 5.56. The maximum atomic E-state index is 11.7. The summed E-state index contributed by atoms with van der Waals surface area (Å²) in [5.74, 6) is 0. The number of unbranched alkanes of at least 4 members (excludes halogenated alkanes) is 1. The summed E-state index contributed by atoms with van der Waals surface area (Å²) in [7, 11) is -3.14. The summed E-state index contributed by atoms with van der Waals surface area (Å²) in [6, 6.07) is 5.48. The van der Waals surface area contributed by atoms with Gasteiger partial charge >= 0.3 is 0 Å². The van der Waals surface area contributed by atoms with Gasteiger partial charge in [0, 0.05) is 11.2 Å². The zero-order valence-electron chi connectivity index (χ0n) is 10.3. The summed E-state index contributed by atoms with van der Waals surface area (Å²) in [6.07, 6.45) is 6.02. The van der Waals surface area contributed by atoms with E-state index in [0.717, 1.165) is 29.7 Å². The Balaban J connectivity index is 3.06. The number of thioether (sulfide) groups is 1. The molecule has 0 saturated heterocycles. The van der Waals surface area contributed by atoms with E-state index in [-0.39, 0.29) is 0 Å². The molecule has 0 aliphatic rings. The van der Waals surface area contributed by atoms with Crippen LogP contribution in [-0.2, 0) is 16.3 Å². The summed E-state index contributed by atoms with van der Waals surface area (Å²) in [4.78, 5) is 1.32. The van der Waals surface area contributed by atoms with Crippen molar-refractivity contribution in [1.29, 1.82) is 0 Å². The van der Waals surface area contributed by atoms with Crippen molar-refractivity contribution in [2.45, 2.75) is 29.1 Å². The number of hydrogen-bond acceptors (Lipinski definition) is 4. The molecule has 0 radical (unpaired) electrons. The molecule has 0 saturated carbocycles. The lowest BCUT2D eigenvalue weighted by molar-refractivity contribution is 0.599. The zero-order chi connectivity index (χ0) is 12.9. The molecule has 0 aromatic heterocycles. The highest BCUT2D eigenvalue weighted by Crippen LogP contribution is 2.29. The van der Waals surface area contributed by atoms with Gasteiger partial charge in [-0.15, -0.1) is 11.8 Å². The van der Waals surface area contributed by atoms with Gasteiger partial charge in [0.1, 0.15) is 0 Å². The summed E-state index contributed by atoms with van der Waals surface area (Å²) in [5.41, 5.74) is 6.57. The van der Waals surface area contributed by atoms with Crippen molar-refractivity contribution in [2.75, 3.05) is 19.1 Å². The lowest BCUT2D eigenvalue weighted by atomic mass is 10.1. The topological polar surface area (TPSA) is 60.2 Å². The van der Waals surface area contributed by atoms with Crippen molar-refractivity contribution >= 4 is 21.6 Å². The Kier molecular flexibility index (Phi) is 5.49. The standard InChI is InChI=1S/C12H19NO2S2/c1-16-12-10(6-3-4-9-13)7-5-8-11(12)17(2,14)15/h5,7-8H,3-4,6,9,13H2,1-2H3. The highest BCUT2D eigenvalue weighted by Gasteiger charge is 2.15. The van der Waals surface area contributed by atoms with Crippen molar-refractivity contribution in [3.63, 3.8) is 0 Å². The SMILES string of the molecule is CSc1c(CCCCN)cccc1S(C)(=O)=O. The van der Waals surface area contributed by atoms with Gasteiger partial charge < -0.3 is 5.73 Å². The van der Waals surface area contributed by atoms with E-state index in [1.54, 1.807) is 6.07 Å². The van der Waals surface area contributed by atoms with Crippen molar-refractivity contribution < 1.29 is 8.42 Å². The van der Waals surface area contributed by atoms with Crippen LogP contribution >= 0.6 is 11.8 Å². The minimum Gasteiger partial charge on any atom is -0.330 e. The minimum absolute atomic E-state index is 0.440. The predicted molar refractivity (Wildman–Crippen MR) is 73.3 cm³/mol. The third kappa shape index (κ3) is 4.01. The van der Waals surface area contributed by atoms with Gasteiger partial charge in [0.15, 0.2) is 9.84 Å². The van der Waals surface area contributed by atoms with Crippen LogP contribution in [0.3, 0.4) is 0 Å². The number of sulfone groups is 1. The molecule has 0 atom stereocenters. The second-order valence-corrected chi connectivity index (χ2v) is 6.77. The van der Waals surface area contributed by atoms with E-state index in [1.165, 1.54) is 18.0 Å². The Morgan fingerprint density at radius 3 is 2.53 bits per heavy atom. The fourth-order valence-electron chi connectivity index (χ4n) is 1.74. The maximum Gasteiger partial charge on any atom is 0.176 e. The Bertz CT molecular complexity index is 469. The molecule has 96 valence electrons. The van der Waals surface area contributed by atoms with Gasteiger partial charge in [0.25, 0.3) is 0 Å². The molecule has 0 aliphatic carbocycles. The maximum absolute atomic E-state index is 11.7. The smallest absolute Gasteiger partial charge is 0.176 e. The molecule has 17 heavy (non-hydrogen) atoms. The molecule has 1 aromatic rings. The second kappa shape index (κ2) is 6.42. The first-order valence-corrected chi connectivity index (χ1v) is 8.68. The number of benzene rings is 1. The molecule has 1 aromatic carbocycles. The van der Waals surface area contributed by atoms with Crippen molar-refractivity contribution in [2.24, 2.45) is 5.73 Å². The Labute approximate surface area is 108 Å². The zero-order valence-corrected chi connectivity index (χ0v) is 11.9. The normalized spacial score (nSPS) is 11.7. The monoisotopic (exact) mass is 273 g/mol. The minimum atomic E-state index is -3.14. The molecule has 0 spiro atoms. The Hall–Kier alpha value is -0.520. The number of nitrogens with two attached hydrogens (primary N) is 1. The van der Waals surface area contributed by atoms with Crippen LogP contribution in [0.15, 0.2) is 28.0 Å². The molecule has 0 aliphatic heterocycles. The highest BCUT2D eigenvalue weighted by molar-refractivity contribution is 7.99. The number of rotatable bonds is 6. The molecule has 0 unspecified atom stereocenters. The average molecular weight is 273 g/mol. The Morgan fingerprint density at radius 2 is 2.00 bits per heavy atom. The lowest BCUT2D eigenvalue weighted by Crippen LogP contribution is -2.03. The van der Waals surface area contributed by atoms with Crippen molar-refractivity contribution in [3.05, 3.63) is 23.8 Å². The predicted octanol–water partition coefficient (Wildman–Crippen LogP) is 2.09. The summed E-state index contributed by atoms with van der Waals surface area (Å²) >= 11 is 1.50. The second-order valence-electron chi connectivity index (χ2n) is 3.97. The van der Waals surface area contributed by atoms with Gasteiger partial charge in [0.05, 0.1) is 4.90 Å². The lowest BCUT2D eigenvalue weighted by Gasteiger charge is -2.11. The van der Waals surface area contributed by atoms with Crippen LogP contribution in [0.4, 0.5) is 0 Å². The van der Waals surface area contributed by atoms with Gasteiger partial charge in [-0.25, -0.2) is 8.42 Å². The Morgan fingerprint density at radius 1 is 1.29 bits per heavy atom. The fraction of sp³-hybridized carbons (Fsp3) is 0.500. The molecule has 0 bridgehead atoms. The molecule has 2 N–H and O–H groups in total. The van der Waals surface area contributed by atoms with Crippen LogP contribution in [-0.4, -0.2) is 27.5 Å². The van der Waals surface area contributed by atoms with Crippen LogP contribution in [0.2, 0.25) is 0 Å². The molecule has 0 heterocycles. The van der Waals surface area contributed by atoms with E-state index >= 15 is 0 Å². The van der Waals surface area contributed by atoms with Crippen LogP contribution in [0, 0.1) is 0 Å². The average Bonchev–Trinajstić information content (AvgIpc) is 2.28. The van der Waals surface area contributed by atoms with Crippen molar-refractivity contribution in [3.8, 4) is 0 Å². The van der Waals surface area contributed by atoms with Crippen LogP contribution in [0.5, 0.6) is 0 Å². The van der Waals surface area contributed by atoms with Gasteiger partial charge in [0.2, 0.25) is 0 Å². The van der Waals surface area contributed by atoms with Gasteiger partial charge in [-0.1, -0.05) is 12.1 Å². The quantitative estimate of drug-likeness (QED) is 0.637. The van der Waals surface area contributed by atoms with E-state index in [9.17, 15) is 8.42 Å². The van der Waals surface area contributed by atoms with Gasteiger partial charge in [-0.3, -0.25) is 0 Å². The first-order chi connectivity index (χ1) is 8.00. The third-order valence-corrected chi connectivity index (χ3v) is 4.72. The van der Waals surface area contributed by atoms with E-state index in [0.29, 0.717) is 11.4 Å². The molecular weight excluding hydrogens is 254 g/mol. The van der Waals surface area contributed by atoms with Gasteiger partial charge in [-0.05, 0) is 43.7 Å². The third-order valence-electron chi connectivity index (χ3n) is 2.56. The number of aryl methyl sites for hydroxylation is 1. The summed E-state index contributed by atoms with van der Waals surface area (Å²) in [6.45, 7) is 0.681. The van der Waals surface area contributed by atoms with Crippen molar-refractivity contribution in [1.82, 2.24) is 0 Å². The molecule has 0 amide bonds. The first kappa shape index (κ1) is 14.5. The van der Waals surface area contributed by atoms with Crippen LogP contribution in [0.25, 0.3) is 0 Å². The highest BCUT2D eigenvalue weighted by atomic mass is 32.2. The molecule has 0 fully saturated rings. The fourth-order valence-corrected chi connectivity index (χ4v) is 3.94. The van der Waals surface area contributed by atoms with E-state index in [1.807, 2.05) is 18.4 Å². The summed E-state index contributed by atoms with van der Waals surface area (Å²) in [5, 5.41) is 0. The molecule has 3 nitrogen and oxygen atoms in total. The molecule has 1 rings (SSSR count). The summed E-state index contributed by atoms with van der Waals surface area (Å²) < 4.78 is 23.3. The number of hydrogen-bond donors (Lipinski definition) is 1.